The van der Waals surface area contributed by atoms with Crippen LogP contribution in [0, 0.1) is 5.82 Å². The number of likely N-dealkylation sites (tertiary alicyclic amines) is 1. The Balaban J connectivity index is 1.55. The standard InChI is InChI=1S/C18H17ClFNO2/c19-14-2-1-3-17(12-14)23-16-8-10-21(11-9-16)18(22)13-4-6-15(20)7-5-13/h1-7,12,16H,8-11H2. The van der Waals surface area contributed by atoms with Crippen LogP contribution in [0.25, 0.3) is 0 Å². The summed E-state index contributed by atoms with van der Waals surface area (Å²) in [4.78, 5) is 14.1. The van der Waals surface area contributed by atoms with E-state index < -0.39 is 0 Å². The lowest BCUT2D eigenvalue weighted by molar-refractivity contribution is 0.0595. The summed E-state index contributed by atoms with van der Waals surface area (Å²) < 4.78 is 18.8. The predicted octanol–water partition coefficient (Wildman–Crippen LogP) is 4.16. The van der Waals surface area contributed by atoms with Gasteiger partial charge in [-0.2, -0.15) is 0 Å². The van der Waals surface area contributed by atoms with Gasteiger partial charge in [0.2, 0.25) is 0 Å². The van der Waals surface area contributed by atoms with Gasteiger partial charge >= 0.3 is 0 Å². The molecule has 2 aromatic carbocycles. The van der Waals surface area contributed by atoms with Crippen molar-refractivity contribution in [2.24, 2.45) is 0 Å². The quantitative estimate of drug-likeness (QED) is 0.844. The van der Waals surface area contributed by atoms with Crippen molar-refractivity contribution < 1.29 is 13.9 Å². The van der Waals surface area contributed by atoms with E-state index in [4.69, 9.17) is 16.3 Å². The molecule has 0 aromatic heterocycles. The number of hydrogen-bond acceptors (Lipinski definition) is 2. The third-order valence-electron chi connectivity index (χ3n) is 3.92. The zero-order valence-electron chi connectivity index (χ0n) is 12.5. The third-order valence-corrected chi connectivity index (χ3v) is 4.15. The minimum atomic E-state index is -0.338. The summed E-state index contributed by atoms with van der Waals surface area (Å²) in [7, 11) is 0. The Labute approximate surface area is 139 Å². The van der Waals surface area contributed by atoms with Gasteiger partial charge in [-0.15, -0.1) is 0 Å². The molecule has 0 atom stereocenters. The highest BCUT2D eigenvalue weighted by Gasteiger charge is 2.24. The van der Waals surface area contributed by atoms with E-state index >= 15 is 0 Å². The maximum absolute atomic E-state index is 12.9. The van der Waals surface area contributed by atoms with Crippen LogP contribution in [0.15, 0.2) is 48.5 Å². The number of amides is 1. The first-order chi connectivity index (χ1) is 11.1. The van der Waals surface area contributed by atoms with Crippen LogP contribution in [-0.2, 0) is 0 Å². The van der Waals surface area contributed by atoms with E-state index in [9.17, 15) is 9.18 Å². The summed E-state index contributed by atoms with van der Waals surface area (Å²) >= 11 is 5.95. The molecule has 1 fully saturated rings. The van der Waals surface area contributed by atoms with Crippen molar-refractivity contribution in [3.05, 3.63) is 64.9 Å². The normalized spacial score (nSPS) is 15.5. The van der Waals surface area contributed by atoms with E-state index in [1.54, 1.807) is 17.0 Å². The van der Waals surface area contributed by atoms with Gasteiger partial charge < -0.3 is 9.64 Å². The Bertz CT molecular complexity index is 682. The van der Waals surface area contributed by atoms with Crippen molar-refractivity contribution in [3.63, 3.8) is 0 Å². The first kappa shape index (κ1) is 15.8. The molecule has 120 valence electrons. The van der Waals surface area contributed by atoms with Crippen LogP contribution >= 0.6 is 11.6 Å². The minimum Gasteiger partial charge on any atom is -0.490 e. The van der Waals surface area contributed by atoms with Crippen molar-refractivity contribution in [3.8, 4) is 5.75 Å². The van der Waals surface area contributed by atoms with E-state index in [0.29, 0.717) is 23.7 Å². The Hall–Kier alpha value is -2.07. The lowest BCUT2D eigenvalue weighted by atomic mass is 10.1. The SMILES string of the molecule is O=C(c1ccc(F)cc1)N1CCC(Oc2cccc(Cl)c2)CC1. The third kappa shape index (κ3) is 4.02. The van der Waals surface area contributed by atoms with E-state index in [1.165, 1.54) is 24.3 Å². The average Bonchev–Trinajstić information content (AvgIpc) is 2.56. The van der Waals surface area contributed by atoms with Crippen LogP contribution in [0.1, 0.15) is 23.2 Å². The Morgan fingerprint density at radius 2 is 1.83 bits per heavy atom. The molecule has 5 heteroatoms. The highest BCUT2D eigenvalue weighted by atomic mass is 35.5. The van der Waals surface area contributed by atoms with Crippen molar-refractivity contribution >= 4 is 17.5 Å². The first-order valence-electron chi connectivity index (χ1n) is 7.59. The number of carbonyl (C=O) groups excluding carboxylic acids is 1. The molecule has 23 heavy (non-hydrogen) atoms. The number of piperidine rings is 1. The van der Waals surface area contributed by atoms with Crippen molar-refractivity contribution in [2.45, 2.75) is 18.9 Å². The van der Waals surface area contributed by atoms with E-state index in [1.807, 2.05) is 12.1 Å². The number of nitrogens with zero attached hydrogens (tertiary/aromatic N) is 1. The lowest BCUT2D eigenvalue weighted by Crippen LogP contribution is -2.41. The van der Waals surface area contributed by atoms with Crippen LogP contribution in [-0.4, -0.2) is 30.0 Å². The second kappa shape index (κ2) is 7.01. The van der Waals surface area contributed by atoms with Crippen LogP contribution in [0.2, 0.25) is 5.02 Å². The number of ether oxygens (including phenoxy) is 1. The molecule has 0 N–H and O–H groups in total. The lowest BCUT2D eigenvalue weighted by Gasteiger charge is -2.32. The molecule has 0 bridgehead atoms. The predicted molar refractivity (Wildman–Crippen MR) is 87.4 cm³/mol. The summed E-state index contributed by atoms with van der Waals surface area (Å²) in [5.41, 5.74) is 0.514. The fourth-order valence-electron chi connectivity index (χ4n) is 2.68. The molecule has 0 radical (unpaired) electrons. The van der Waals surface area contributed by atoms with Gasteiger partial charge in [0.1, 0.15) is 17.7 Å². The highest BCUT2D eigenvalue weighted by molar-refractivity contribution is 6.30. The molecule has 2 aromatic rings. The van der Waals surface area contributed by atoms with Crippen LogP contribution in [0.5, 0.6) is 5.75 Å². The van der Waals surface area contributed by atoms with Crippen molar-refractivity contribution in [2.75, 3.05) is 13.1 Å². The number of carbonyl (C=O) groups is 1. The molecule has 3 nitrogen and oxygen atoms in total. The monoisotopic (exact) mass is 333 g/mol. The largest absolute Gasteiger partial charge is 0.490 e. The zero-order valence-corrected chi connectivity index (χ0v) is 13.3. The summed E-state index contributed by atoms with van der Waals surface area (Å²) in [6.07, 6.45) is 1.60. The number of hydrogen-bond donors (Lipinski definition) is 0. The molecular weight excluding hydrogens is 317 g/mol. The summed E-state index contributed by atoms with van der Waals surface area (Å²) in [5, 5.41) is 0.645. The maximum atomic E-state index is 12.9. The zero-order chi connectivity index (χ0) is 16.2. The Kier molecular flexibility index (Phi) is 4.82. The molecule has 0 spiro atoms. The van der Waals surface area contributed by atoms with Gasteiger partial charge in [-0.25, -0.2) is 4.39 Å². The highest BCUT2D eigenvalue weighted by Crippen LogP contribution is 2.22. The summed E-state index contributed by atoms with van der Waals surface area (Å²) in [6.45, 7) is 1.25. The number of halogens is 2. The molecule has 1 aliphatic rings. The fourth-order valence-corrected chi connectivity index (χ4v) is 2.86. The molecule has 0 unspecified atom stereocenters. The fraction of sp³-hybridized carbons (Fsp3) is 0.278. The van der Waals surface area contributed by atoms with Crippen LogP contribution in [0.3, 0.4) is 0 Å². The topological polar surface area (TPSA) is 29.5 Å². The van der Waals surface area contributed by atoms with Crippen LogP contribution < -0.4 is 4.74 Å². The van der Waals surface area contributed by atoms with Gasteiger partial charge in [0.25, 0.3) is 5.91 Å². The van der Waals surface area contributed by atoms with E-state index in [0.717, 1.165) is 18.6 Å². The first-order valence-corrected chi connectivity index (χ1v) is 7.97. The van der Waals surface area contributed by atoms with Crippen LogP contribution in [0.4, 0.5) is 4.39 Å². The van der Waals surface area contributed by atoms with Crippen molar-refractivity contribution in [1.82, 2.24) is 4.90 Å². The van der Waals surface area contributed by atoms with E-state index in [-0.39, 0.29) is 17.8 Å². The second-order valence-electron chi connectivity index (χ2n) is 5.57. The molecule has 1 aliphatic heterocycles. The number of benzene rings is 2. The second-order valence-corrected chi connectivity index (χ2v) is 6.01. The Morgan fingerprint density at radius 3 is 2.48 bits per heavy atom. The molecule has 0 aliphatic carbocycles. The number of rotatable bonds is 3. The summed E-state index contributed by atoms with van der Waals surface area (Å²) in [6, 6.07) is 13.0. The molecule has 3 rings (SSSR count). The van der Waals surface area contributed by atoms with Gasteiger partial charge in [-0.3, -0.25) is 4.79 Å². The molecular formula is C18H17ClFNO2. The van der Waals surface area contributed by atoms with Gasteiger partial charge in [-0.05, 0) is 42.5 Å². The Morgan fingerprint density at radius 1 is 1.13 bits per heavy atom. The van der Waals surface area contributed by atoms with Gasteiger partial charge in [-0.1, -0.05) is 17.7 Å². The maximum Gasteiger partial charge on any atom is 0.253 e. The minimum absolute atomic E-state index is 0.0637. The molecule has 1 heterocycles. The summed E-state index contributed by atoms with van der Waals surface area (Å²) in [5.74, 6) is 0.349. The molecule has 0 saturated carbocycles. The van der Waals surface area contributed by atoms with Gasteiger partial charge in [0, 0.05) is 36.5 Å². The van der Waals surface area contributed by atoms with E-state index in [2.05, 4.69) is 0 Å². The van der Waals surface area contributed by atoms with Gasteiger partial charge in [0.05, 0.1) is 0 Å². The smallest absolute Gasteiger partial charge is 0.253 e. The van der Waals surface area contributed by atoms with Gasteiger partial charge in [0.15, 0.2) is 0 Å². The average molecular weight is 334 g/mol. The van der Waals surface area contributed by atoms with Crippen molar-refractivity contribution in [1.29, 1.82) is 0 Å². The molecule has 1 amide bonds. The molecule has 1 saturated heterocycles.